The number of rotatable bonds is 8. The summed E-state index contributed by atoms with van der Waals surface area (Å²) in [7, 11) is 1.25. The molecule has 0 saturated carbocycles. The molecule has 5 nitrogen and oxygen atoms in total. The summed E-state index contributed by atoms with van der Waals surface area (Å²) in [5.74, 6) is -0.777. The second kappa shape index (κ2) is 8.38. The molecule has 0 spiro atoms. The summed E-state index contributed by atoms with van der Waals surface area (Å²) in [5.41, 5.74) is 0. The molecule has 0 atom stereocenters. The van der Waals surface area contributed by atoms with Crippen molar-refractivity contribution in [3.63, 3.8) is 0 Å². The molecule has 0 aromatic heterocycles. The van der Waals surface area contributed by atoms with Crippen molar-refractivity contribution >= 4 is 11.8 Å². The monoisotopic (exact) mass is 218 g/mol. The summed E-state index contributed by atoms with van der Waals surface area (Å²) >= 11 is 0. The zero-order valence-corrected chi connectivity index (χ0v) is 9.45. The number of Topliss-reactive ketones (excluding diaryl/α,β-unsaturated/α-hetero) is 1. The van der Waals surface area contributed by atoms with Gasteiger partial charge >= 0.3 is 5.97 Å². The summed E-state index contributed by atoms with van der Waals surface area (Å²) < 4.78 is 14.7. The van der Waals surface area contributed by atoms with Crippen LogP contribution in [0.25, 0.3) is 0 Å². The van der Waals surface area contributed by atoms with Gasteiger partial charge in [0, 0.05) is 13.2 Å². The molecule has 0 aromatic carbocycles. The van der Waals surface area contributed by atoms with E-state index in [2.05, 4.69) is 4.74 Å². The van der Waals surface area contributed by atoms with Gasteiger partial charge in [-0.25, -0.2) is 0 Å². The average molecular weight is 218 g/mol. The molecule has 88 valence electrons. The first-order valence-corrected chi connectivity index (χ1v) is 4.95. The second-order valence-corrected chi connectivity index (χ2v) is 2.84. The molecule has 0 rings (SSSR count). The molecule has 0 amide bonds. The third-order valence-corrected chi connectivity index (χ3v) is 1.67. The van der Waals surface area contributed by atoms with Crippen LogP contribution in [0.4, 0.5) is 0 Å². The normalized spacial score (nSPS) is 10.4. The third kappa shape index (κ3) is 7.04. The van der Waals surface area contributed by atoms with Crippen molar-refractivity contribution < 1.29 is 23.8 Å². The minimum absolute atomic E-state index is 0.0801. The molecule has 0 N–H and O–H groups in total. The van der Waals surface area contributed by atoms with Gasteiger partial charge in [-0.3, -0.25) is 9.59 Å². The SMILES string of the molecule is CCOC(CC(=O)CC(=O)OC)OCC. The number of methoxy groups -OCH3 is 1. The minimum atomic E-state index is -0.558. The van der Waals surface area contributed by atoms with Crippen molar-refractivity contribution in [2.75, 3.05) is 20.3 Å². The van der Waals surface area contributed by atoms with E-state index in [1.54, 1.807) is 0 Å². The van der Waals surface area contributed by atoms with Crippen molar-refractivity contribution in [1.82, 2.24) is 0 Å². The molecule has 5 heteroatoms. The van der Waals surface area contributed by atoms with Gasteiger partial charge in [-0.05, 0) is 13.8 Å². The van der Waals surface area contributed by atoms with Gasteiger partial charge < -0.3 is 14.2 Å². The van der Waals surface area contributed by atoms with Gasteiger partial charge in [-0.1, -0.05) is 0 Å². The number of carbonyl (C=O) groups excluding carboxylic acids is 2. The molecule has 0 fully saturated rings. The molecule has 0 bridgehead atoms. The Bertz CT molecular complexity index is 196. The van der Waals surface area contributed by atoms with Crippen LogP contribution in [-0.2, 0) is 23.8 Å². The van der Waals surface area contributed by atoms with Crippen LogP contribution < -0.4 is 0 Å². The average Bonchev–Trinajstić information content (AvgIpc) is 2.18. The summed E-state index contributed by atoms with van der Waals surface area (Å²) in [6.07, 6.45) is -0.707. The Balaban J connectivity index is 3.93. The predicted molar refractivity (Wildman–Crippen MR) is 53.3 cm³/mol. The molecule has 15 heavy (non-hydrogen) atoms. The topological polar surface area (TPSA) is 61.8 Å². The predicted octanol–water partition coefficient (Wildman–Crippen LogP) is 0.908. The van der Waals surface area contributed by atoms with E-state index in [4.69, 9.17) is 9.47 Å². The highest BCUT2D eigenvalue weighted by Gasteiger charge is 2.16. The van der Waals surface area contributed by atoms with Gasteiger partial charge in [0.05, 0.1) is 13.5 Å². The molecule has 0 radical (unpaired) electrons. The van der Waals surface area contributed by atoms with Crippen molar-refractivity contribution in [3.05, 3.63) is 0 Å². The van der Waals surface area contributed by atoms with E-state index >= 15 is 0 Å². The lowest BCUT2D eigenvalue weighted by molar-refractivity contribution is -0.155. The molecular weight excluding hydrogens is 200 g/mol. The highest BCUT2D eigenvalue weighted by atomic mass is 16.7. The first-order chi connectivity index (χ1) is 7.13. The minimum Gasteiger partial charge on any atom is -0.469 e. The maximum atomic E-state index is 11.3. The van der Waals surface area contributed by atoms with Crippen LogP contribution in [0.5, 0.6) is 0 Å². The Morgan fingerprint density at radius 2 is 1.67 bits per heavy atom. The molecule has 0 aromatic rings. The number of hydrogen-bond acceptors (Lipinski definition) is 5. The van der Waals surface area contributed by atoms with Crippen LogP contribution in [0, 0.1) is 0 Å². The van der Waals surface area contributed by atoms with E-state index < -0.39 is 12.3 Å². The van der Waals surface area contributed by atoms with Crippen LogP contribution in [0.1, 0.15) is 26.7 Å². The highest BCUT2D eigenvalue weighted by molar-refractivity contribution is 5.95. The van der Waals surface area contributed by atoms with Crippen LogP contribution in [0.2, 0.25) is 0 Å². The molecule has 0 aliphatic heterocycles. The lowest BCUT2D eigenvalue weighted by Crippen LogP contribution is -2.23. The lowest BCUT2D eigenvalue weighted by atomic mass is 10.2. The third-order valence-electron chi connectivity index (χ3n) is 1.67. The smallest absolute Gasteiger partial charge is 0.313 e. The Morgan fingerprint density at radius 3 is 2.07 bits per heavy atom. The lowest BCUT2D eigenvalue weighted by Gasteiger charge is -2.15. The van der Waals surface area contributed by atoms with E-state index in [9.17, 15) is 9.59 Å². The van der Waals surface area contributed by atoms with E-state index in [1.165, 1.54) is 7.11 Å². The summed E-state index contributed by atoms with van der Waals surface area (Å²) in [4.78, 5) is 22.1. The highest BCUT2D eigenvalue weighted by Crippen LogP contribution is 2.04. The summed E-state index contributed by atoms with van der Waals surface area (Å²) in [6, 6.07) is 0. The zero-order chi connectivity index (χ0) is 11.7. The van der Waals surface area contributed by atoms with Gasteiger partial charge in [0.1, 0.15) is 12.2 Å². The van der Waals surface area contributed by atoms with Crippen LogP contribution in [0.15, 0.2) is 0 Å². The summed E-state index contributed by atoms with van der Waals surface area (Å²) in [6.45, 7) is 4.57. The molecular formula is C10H18O5. The quantitative estimate of drug-likeness (QED) is 0.344. The maximum absolute atomic E-state index is 11.3. The van der Waals surface area contributed by atoms with Crippen LogP contribution in [0.3, 0.4) is 0 Å². The summed E-state index contributed by atoms with van der Waals surface area (Å²) in [5, 5.41) is 0. The Morgan fingerprint density at radius 1 is 1.13 bits per heavy atom. The van der Waals surface area contributed by atoms with Crippen molar-refractivity contribution in [2.24, 2.45) is 0 Å². The standard InChI is InChI=1S/C10H18O5/c1-4-14-10(15-5-2)7-8(11)6-9(12)13-3/h10H,4-7H2,1-3H3. The second-order valence-electron chi connectivity index (χ2n) is 2.84. The Labute approximate surface area is 89.7 Å². The molecule has 0 saturated heterocycles. The first kappa shape index (κ1) is 14.1. The van der Waals surface area contributed by atoms with Gasteiger partial charge in [0.15, 0.2) is 6.29 Å². The molecule has 0 heterocycles. The number of ether oxygens (including phenoxy) is 3. The van der Waals surface area contributed by atoms with E-state index in [-0.39, 0.29) is 18.6 Å². The van der Waals surface area contributed by atoms with Gasteiger partial charge in [-0.15, -0.1) is 0 Å². The number of hydrogen-bond donors (Lipinski definition) is 0. The van der Waals surface area contributed by atoms with Gasteiger partial charge in [0.2, 0.25) is 0 Å². The fourth-order valence-corrected chi connectivity index (χ4v) is 1.03. The first-order valence-electron chi connectivity index (χ1n) is 4.95. The Hall–Kier alpha value is -0.940. The van der Waals surface area contributed by atoms with Crippen molar-refractivity contribution in [1.29, 1.82) is 0 Å². The molecule has 0 aliphatic rings. The molecule has 0 unspecified atom stereocenters. The number of ketones is 1. The van der Waals surface area contributed by atoms with Crippen molar-refractivity contribution in [2.45, 2.75) is 33.0 Å². The Kier molecular flexibility index (Phi) is 7.85. The molecule has 0 aliphatic carbocycles. The van der Waals surface area contributed by atoms with Gasteiger partial charge in [-0.2, -0.15) is 0 Å². The largest absolute Gasteiger partial charge is 0.469 e. The van der Waals surface area contributed by atoms with Crippen LogP contribution in [-0.4, -0.2) is 38.4 Å². The van der Waals surface area contributed by atoms with E-state index in [0.29, 0.717) is 13.2 Å². The maximum Gasteiger partial charge on any atom is 0.313 e. The number of carbonyl (C=O) groups is 2. The fraction of sp³-hybridized carbons (Fsp3) is 0.800. The van der Waals surface area contributed by atoms with Crippen molar-refractivity contribution in [3.8, 4) is 0 Å². The zero-order valence-electron chi connectivity index (χ0n) is 9.45. The van der Waals surface area contributed by atoms with E-state index in [0.717, 1.165) is 0 Å². The van der Waals surface area contributed by atoms with Crippen LogP contribution >= 0.6 is 0 Å². The van der Waals surface area contributed by atoms with E-state index in [1.807, 2.05) is 13.8 Å². The number of esters is 1. The fourth-order valence-electron chi connectivity index (χ4n) is 1.03. The van der Waals surface area contributed by atoms with Gasteiger partial charge in [0.25, 0.3) is 0 Å².